The average Bonchev–Trinajstić information content (AvgIpc) is 2.27. The van der Waals surface area contributed by atoms with Gasteiger partial charge >= 0.3 is 5.97 Å². The van der Waals surface area contributed by atoms with E-state index in [1.807, 2.05) is 6.92 Å². The number of carbonyl (C=O) groups excluding carboxylic acids is 1. The zero-order chi connectivity index (χ0) is 14.0. The monoisotopic (exact) mass is 283 g/mol. The van der Waals surface area contributed by atoms with Crippen molar-refractivity contribution in [3.8, 4) is 0 Å². The molecule has 6 heteroatoms. The summed E-state index contributed by atoms with van der Waals surface area (Å²) in [5, 5.41) is 0. The molecule has 0 bridgehead atoms. The van der Waals surface area contributed by atoms with Crippen molar-refractivity contribution in [2.24, 2.45) is 0 Å². The Labute approximate surface area is 113 Å². The Balaban J connectivity index is 2.21. The van der Waals surface area contributed by atoms with Crippen LogP contribution < -0.4 is 0 Å². The standard InChI is InChI=1S/C13H17NO4S/c1-3-18-13(15)12-8-9-14(12)19(16,17)11-6-4-10(2)5-7-11/h4-7,12H,3,8-9H2,1-2H3. The van der Waals surface area contributed by atoms with Gasteiger partial charge in [0.05, 0.1) is 11.5 Å². The fourth-order valence-corrected chi connectivity index (χ4v) is 3.59. The van der Waals surface area contributed by atoms with Crippen LogP contribution in [0.15, 0.2) is 29.2 Å². The summed E-state index contributed by atoms with van der Waals surface area (Å²) in [6.07, 6.45) is 0.518. The molecule has 0 N–H and O–H groups in total. The highest BCUT2D eigenvalue weighted by Crippen LogP contribution is 2.27. The number of nitrogens with zero attached hydrogens (tertiary/aromatic N) is 1. The SMILES string of the molecule is CCOC(=O)C1CCN1S(=O)(=O)c1ccc(C)cc1. The largest absolute Gasteiger partial charge is 0.465 e. The van der Waals surface area contributed by atoms with Crippen LogP contribution in [0.3, 0.4) is 0 Å². The average molecular weight is 283 g/mol. The van der Waals surface area contributed by atoms with Gasteiger partial charge in [0.25, 0.3) is 0 Å². The van der Waals surface area contributed by atoms with Gasteiger partial charge in [-0.15, -0.1) is 0 Å². The molecule has 1 heterocycles. The lowest BCUT2D eigenvalue weighted by molar-refractivity contribution is -0.151. The van der Waals surface area contributed by atoms with Crippen LogP contribution in [-0.4, -0.2) is 37.9 Å². The minimum Gasteiger partial charge on any atom is -0.465 e. The third-order valence-electron chi connectivity index (χ3n) is 3.16. The summed E-state index contributed by atoms with van der Waals surface area (Å²) in [6, 6.07) is 5.93. The zero-order valence-electron chi connectivity index (χ0n) is 11.0. The van der Waals surface area contributed by atoms with Gasteiger partial charge in [-0.25, -0.2) is 8.42 Å². The van der Waals surface area contributed by atoms with E-state index in [4.69, 9.17) is 4.74 Å². The fourth-order valence-electron chi connectivity index (χ4n) is 1.97. The van der Waals surface area contributed by atoms with Crippen molar-refractivity contribution in [1.82, 2.24) is 4.31 Å². The quantitative estimate of drug-likeness (QED) is 0.782. The van der Waals surface area contributed by atoms with Crippen LogP contribution in [-0.2, 0) is 19.6 Å². The highest BCUT2D eigenvalue weighted by atomic mass is 32.2. The molecule has 104 valence electrons. The van der Waals surface area contributed by atoms with Crippen LogP contribution in [0.4, 0.5) is 0 Å². The molecule has 1 aliphatic heterocycles. The summed E-state index contributed by atoms with van der Waals surface area (Å²) >= 11 is 0. The molecule has 1 saturated heterocycles. The highest BCUT2D eigenvalue weighted by Gasteiger charge is 2.43. The van der Waals surface area contributed by atoms with Gasteiger partial charge in [0.2, 0.25) is 10.0 Å². The number of sulfonamides is 1. The van der Waals surface area contributed by atoms with Crippen LogP contribution in [0.25, 0.3) is 0 Å². The molecular formula is C13H17NO4S. The highest BCUT2D eigenvalue weighted by molar-refractivity contribution is 7.89. The van der Waals surface area contributed by atoms with Gasteiger partial charge in [-0.05, 0) is 32.4 Å². The van der Waals surface area contributed by atoms with Crippen molar-refractivity contribution in [3.63, 3.8) is 0 Å². The normalized spacial score (nSPS) is 19.8. The Morgan fingerprint density at radius 2 is 2.00 bits per heavy atom. The van der Waals surface area contributed by atoms with Crippen LogP contribution in [0, 0.1) is 6.92 Å². The van der Waals surface area contributed by atoms with E-state index in [9.17, 15) is 13.2 Å². The molecule has 0 aliphatic carbocycles. The maximum atomic E-state index is 12.4. The molecule has 1 aromatic rings. The Morgan fingerprint density at radius 3 is 2.47 bits per heavy atom. The number of rotatable bonds is 4. The number of hydrogen-bond acceptors (Lipinski definition) is 4. The molecule has 19 heavy (non-hydrogen) atoms. The summed E-state index contributed by atoms with van der Waals surface area (Å²) in [5.74, 6) is -0.468. The van der Waals surface area contributed by atoms with Crippen molar-refractivity contribution in [2.45, 2.75) is 31.2 Å². The van der Waals surface area contributed by atoms with Gasteiger partial charge in [0, 0.05) is 6.54 Å². The van der Waals surface area contributed by atoms with E-state index >= 15 is 0 Å². The van der Waals surface area contributed by atoms with Crippen molar-refractivity contribution < 1.29 is 17.9 Å². The topological polar surface area (TPSA) is 63.7 Å². The zero-order valence-corrected chi connectivity index (χ0v) is 11.8. The number of hydrogen-bond donors (Lipinski definition) is 0. The number of ether oxygens (including phenoxy) is 1. The second kappa shape index (κ2) is 5.30. The van der Waals surface area contributed by atoms with E-state index in [-0.39, 0.29) is 11.5 Å². The lowest BCUT2D eigenvalue weighted by Crippen LogP contribution is -2.55. The molecule has 0 saturated carbocycles. The summed E-state index contributed by atoms with van der Waals surface area (Å²) in [4.78, 5) is 11.9. The van der Waals surface area contributed by atoms with E-state index in [1.165, 1.54) is 4.31 Å². The molecule has 1 atom stereocenters. The van der Waals surface area contributed by atoms with E-state index < -0.39 is 22.0 Å². The first-order chi connectivity index (χ1) is 8.96. The van der Waals surface area contributed by atoms with E-state index in [0.29, 0.717) is 13.0 Å². The molecule has 1 fully saturated rings. The third kappa shape index (κ3) is 2.64. The second-order valence-corrected chi connectivity index (χ2v) is 6.38. The van der Waals surface area contributed by atoms with Crippen LogP contribution in [0.2, 0.25) is 0 Å². The smallest absolute Gasteiger partial charge is 0.324 e. The fraction of sp³-hybridized carbons (Fsp3) is 0.462. The molecular weight excluding hydrogens is 266 g/mol. The number of carbonyl (C=O) groups is 1. The van der Waals surface area contributed by atoms with Gasteiger partial charge in [0.1, 0.15) is 6.04 Å². The Bertz CT molecular complexity index is 565. The molecule has 5 nitrogen and oxygen atoms in total. The maximum absolute atomic E-state index is 12.4. The van der Waals surface area contributed by atoms with E-state index in [0.717, 1.165) is 5.56 Å². The second-order valence-electron chi connectivity index (χ2n) is 4.49. The van der Waals surface area contributed by atoms with Crippen molar-refractivity contribution in [3.05, 3.63) is 29.8 Å². The Hall–Kier alpha value is -1.40. The van der Waals surface area contributed by atoms with Gasteiger partial charge < -0.3 is 4.74 Å². The first-order valence-corrected chi connectivity index (χ1v) is 7.66. The van der Waals surface area contributed by atoms with Crippen molar-refractivity contribution >= 4 is 16.0 Å². The van der Waals surface area contributed by atoms with Gasteiger partial charge in [-0.1, -0.05) is 17.7 Å². The Morgan fingerprint density at radius 1 is 1.37 bits per heavy atom. The van der Waals surface area contributed by atoms with Crippen LogP contribution in [0.1, 0.15) is 18.9 Å². The van der Waals surface area contributed by atoms with Crippen LogP contribution in [0.5, 0.6) is 0 Å². The Kier molecular flexibility index (Phi) is 3.91. The predicted octanol–water partition coefficient (Wildman–Crippen LogP) is 1.32. The number of benzene rings is 1. The molecule has 1 unspecified atom stereocenters. The maximum Gasteiger partial charge on any atom is 0.324 e. The van der Waals surface area contributed by atoms with Gasteiger partial charge in [-0.3, -0.25) is 4.79 Å². The van der Waals surface area contributed by atoms with Crippen molar-refractivity contribution in [2.75, 3.05) is 13.2 Å². The van der Waals surface area contributed by atoms with E-state index in [1.54, 1.807) is 31.2 Å². The molecule has 0 radical (unpaired) electrons. The summed E-state index contributed by atoms with van der Waals surface area (Å²) in [5.41, 5.74) is 0.990. The predicted molar refractivity (Wildman–Crippen MR) is 70.1 cm³/mol. The minimum absolute atomic E-state index is 0.215. The van der Waals surface area contributed by atoms with Crippen molar-refractivity contribution in [1.29, 1.82) is 0 Å². The summed E-state index contributed by atoms with van der Waals surface area (Å²) in [7, 11) is -3.60. The lowest BCUT2D eigenvalue weighted by Gasteiger charge is -2.37. The molecule has 1 aromatic carbocycles. The summed E-state index contributed by atoms with van der Waals surface area (Å²) < 4.78 is 30.8. The molecule has 0 spiro atoms. The van der Waals surface area contributed by atoms with Crippen LogP contribution >= 0.6 is 0 Å². The van der Waals surface area contributed by atoms with Gasteiger partial charge in [0.15, 0.2) is 0 Å². The molecule has 2 rings (SSSR count). The molecule has 1 aliphatic rings. The third-order valence-corrected chi connectivity index (χ3v) is 5.08. The molecule has 0 amide bonds. The summed E-state index contributed by atoms with van der Waals surface area (Å²) in [6.45, 7) is 4.21. The molecule has 0 aromatic heterocycles. The lowest BCUT2D eigenvalue weighted by atomic mass is 10.1. The van der Waals surface area contributed by atoms with Gasteiger partial charge in [-0.2, -0.15) is 4.31 Å². The minimum atomic E-state index is -3.60. The number of aryl methyl sites for hydroxylation is 1. The first kappa shape index (κ1) is 14.0. The van der Waals surface area contributed by atoms with E-state index in [2.05, 4.69) is 0 Å². The first-order valence-electron chi connectivity index (χ1n) is 6.22. The number of esters is 1.